The van der Waals surface area contributed by atoms with Crippen LogP contribution in [-0.4, -0.2) is 26.2 Å². The highest BCUT2D eigenvalue weighted by molar-refractivity contribution is 4.80. The van der Waals surface area contributed by atoms with Gasteiger partial charge in [-0.2, -0.15) is 0 Å². The molecule has 88 valence electrons. The Bertz CT molecular complexity index is 171. The van der Waals surface area contributed by atoms with Crippen LogP contribution in [0.25, 0.3) is 0 Å². The molecule has 2 nitrogen and oxygen atoms in total. The Morgan fingerprint density at radius 1 is 1.13 bits per heavy atom. The lowest BCUT2D eigenvalue weighted by Gasteiger charge is -2.33. The zero-order chi connectivity index (χ0) is 11.0. The number of nitrogens with one attached hydrogen (secondary N) is 2. The molecule has 0 amide bonds. The lowest BCUT2D eigenvalue weighted by atomic mass is 9.76. The number of hydrogen-bond donors (Lipinski definition) is 2. The van der Waals surface area contributed by atoms with Crippen LogP contribution in [0.1, 0.15) is 39.0 Å². The second-order valence-electron chi connectivity index (χ2n) is 5.04. The van der Waals surface area contributed by atoms with Gasteiger partial charge in [-0.25, -0.2) is 0 Å². The summed E-state index contributed by atoms with van der Waals surface area (Å²) in [6.45, 7) is 10.3. The Hall–Kier alpha value is -0.340. The highest BCUT2D eigenvalue weighted by Gasteiger charge is 2.25. The number of hydrogen-bond acceptors (Lipinski definition) is 2. The Morgan fingerprint density at radius 3 is 2.47 bits per heavy atom. The van der Waals surface area contributed by atoms with Crippen molar-refractivity contribution in [3.05, 3.63) is 12.7 Å². The fourth-order valence-corrected chi connectivity index (χ4v) is 2.35. The Morgan fingerprint density at radius 2 is 1.80 bits per heavy atom. The van der Waals surface area contributed by atoms with Gasteiger partial charge in [0, 0.05) is 26.2 Å². The van der Waals surface area contributed by atoms with Crippen molar-refractivity contribution in [2.24, 2.45) is 5.41 Å². The van der Waals surface area contributed by atoms with E-state index in [-0.39, 0.29) is 0 Å². The molecule has 0 aliphatic heterocycles. The summed E-state index contributed by atoms with van der Waals surface area (Å²) in [5, 5.41) is 6.86. The highest BCUT2D eigenvalue weighted by atomic mass is 14.9. The van der Waals surface area contributed by atoms with Crippen molar-refractivity contribution in [2.75, 3.05) is 26.2 Å². The molecule has 1 fully saturated rings. The van der Waals surface area contributed by atoms with Crippen LogP contribution in [-0.2, 0) is 0 Å². The standard InChI is InChI=1S/C13H26N2/c1-3-9-14-10-11-15-12-13(2)7-5-4-6-8-13/h3,14-15H,1,4-12H2,2H3. The summed E-state index contributed by atoms with van der Waals surface area (Å²) in [7, 11) is 0. The first kappa shape index (κ1) is 12.7. The summed E-state index contributed by atoms with van der Waals surface area (Å²) in [5.74, 6) is 0. The van der Waals surface area contributed by atoms with Crippen LogP contribution in [0.3, 0.4) is 0 Å². The molecule has 15 heavy (non-hydrogen) atoms. The molecule has 2 N–H and O–H groups in total. The van der Waals surface area contributed by atoms with Crippen molar-refractivity contribution in [1.82, 2.24) is 10.6 Å². The molecule has 1 aliphatic rings. The Kier molecular flexibility index (Phi) is 5.96. The van der Waals surface area contributed by atoms with Gasteiger partial charge in [0.15, 0.2) is 0 Å². The van der Waals surface area contributed by atoms with Gasteiger partial charge in [-0.05, 0) is 18.3 Å². The van der Waals surface area contributed by atoms with Gasteiger partial charge >= 0.3 is 0 Å². The summed E-state index contributed by atoms with van der Waals surface area (Å²) < 4.78 is 0. The van der Waals surface area contributed by atoms with E-state index in [1.54, 1.807) is 0 Å². The van der Waals surface area contributed by atoms with Gasteiger partial charge in [0.1, 0.15) is 0 Å². The molecular formula is C13H26N2. The smallest absolute Gasteiger partial charge is 0.0132 e. The molecule has 0 aromatic heterocycles. The molecule has 0 atom stereocenters. The first-order valence-corrected chi connectivity index (χ1v) is 6.29. The maximum absolute atomic E-state index is 3.68. The molecule has 0 radical (unpaired) electrons. The van der Waals surface area contributed by atoms with Crippen LogP contribution in [0, 0.1) is 5.41 Å². The van der Waals surface area contributed by atoms with E-state index in [0.717, 1.165) is 19.6 Å². The van der Waals surface area contributed by atoms with Crippen molar-refractivity contribution in [3.63, 3.8) is 0 Å². The van der Waals surface area contributed by atoms with Crippen molar-refractivity contribution >= 4 is 0 Å². The summed E-state index contributed by atoms with van der Waals surface area (Å²) in [4.78, 5) is 0. The minimum Gasteiger partial charge on any atom is -0.315 e. The number of rotatable bonds is 7. The Labute approximate surface area is 94.5 Å². The van der Waals surface area contributed by atoms with Crippen LogP contribution >= 0.6 is 0 Å². The van der Waals surface area contributed by atoms with Crippen LogP contribution in [0.2, 0.25) is 0 Å². The third-order valence-corrected chi connectivity index (χ3v) is 3.38. The van der Waals surface area contributed by atoms with Gasteiger partial charge in [0.05, 0.1) is 0 Å². The summed E-state index contributed by atoms with van der Waals surface area (Å²) >= 11 is 0. The van der Waals surface area contributed by atoms with Crippen molar-refractivity contribution < 1.29 is 0 Å². The van der Waals surface area contributed by atoms with Crippen molar-refractivity contribution in [3.8, 4) is 0 Å². The zero-order valence-electron chi connectivity index (χ0n) is 10.1. The predicted molar refractivity (Wildman–Crippen MR) is 67.1 cm³/mol. The molecule has 0 spiro atoms. The first-order chi connectivity index (χ1) is 7.27. The van der Waals surface area contributed by atoms with Gasteiger partial charge in [0.2, 0.25) is 0 Å². The molecule has 1 saturated carbocycles. The monoisotopic (exact) mass is 210 g/mol. The Balaban J connectivity index is 2.00. The van der Waals surface area contributed by atoms with Crippen LogP contribution in [0.4, 0.5) is 0 Å². The predicted octanol–water partition coefficient (Wildman–Crippen LogP) is 2.32. The van der Waals surface area contributed by atoms with Gasteiger partial charge in [-0.15, -0.1) is 6.58 Å². The van der Waals surface area contributed by atoms with Crippen LogP contribution in [0.15, 0.2) is 12.7 Å². The van der Waals surface area contributed by atoms with Gasteiger partial charge in [0.25, 0.3) is 0 Å². The zero-order valence-corrected chi connectivity index (χ0v) is 10.1. The third kappa shape index (κ3) is 5.33. The minimum atomic E-state index is 0.566. The average Bonchev–Trinajstić information content (AvgIpc) is 2.24. The molecular weight excluding hydrogens is 184 g/mol. The largest absolute Gasteiger partial charge is 0.315 e. The van der Waals surface area contributed by atoms with E-state index in [9.17, 15) is 0 Å². The van der Waals surface area contributed by atoms with E-state index in [1.807, 2.05) is 6.08 Å². The molecule has 1 aliphatic carbocycles. The van der Waals surface area contributed by atoms with Crippen molar-refractivity contribution in [1.29, 1.82) is 0 Å². The molecule has 1 rings (SSSR count). The van der Waals surface area contributed by atoms with Gasteiger partial charge in [-0.1, -0.05) is 32.3 Å². The van der Waals surface area contributed by atoms with Crippen LogP contribution in [0.5, 0.6) is 0 Å². The van der Waals surface area contributed by atoms with E-state index < -0.39 is 0 Å². The lowest BCUT2D eigenvalue weighted by molar-refractivity contribution is 0.208. The topological polar surface area (TPSA) is 24.1 Å². The fourth-order valence-electron chi connectivity index (χ4n) is 2.35. The van der Waals surface area contributed by atoms with Crippen molar-refractivity contribution in [2.45, 2.75) is 39.0 Å². The van der Waals surface area contributed by atoms with E-state index in [2.05, 4.69) is 24.1 Å². The SMILES string of the molecule is C=CCNCCNCC1(C)CCCCC1. The molecule has 2 heteroatoms. The maximum atomic E-state index is 3.68. The normalized spacial score (nSPS) is 20.1. The molecule has 0 bridgehead atoms. The van der Waals surface area contributed by atoms with Gasteiger partial charge < -0.3 is 10.6 Å². The summed E-state index contributed by atoms with van der Waals surface area (Å²) in [6.07, 6.45) is 9.00. The second-order valence-corrected chi connectivity index (χ2v) is 5.04. The van der Waals surface area contributed by atoms with Gasteiger partial charge in [-0.3, -0.25) is 0 Å². The first-order valence-electron chi connectivity index (χ1n) is 6.29. The minimum absolute atomic E-state index is 0.566. The fraction of sp³-hybridized carbons (Fsp3) is 0.846. The average molecular weight is 210 g/mol. The summed E-state index contributed by atoms with van der Waals surface area (Å²) in [5.41, 5.74) is 0.566. The van der Waals surface area contributed by atoms with E-state index >= 15 is 0 Å². The van der Waals surface area contributed by atoms with E-state index in [4.69, 9.17) is 0 Å². The lowest BCUT2D eigenvalue weighted by Crippen LogP contribution is -2.37. The molecule has 0 aromatic carbocycles. The van der Waals surface area contributed by atoms with E-state index in [0.29, 0.717) is 5.41 Å². The highest BCUT2D eigenvalue weighted by Crippen LogP contribution is 2.34. The molecule has 0 heterocycles. The second kappa shape index (κ2) is 7.02. The molecule has 0 unspecified atom stereocenters. The maximum Gasteiger partial charge on any atom is 0.0132 e. The van der Waals surface area contributed by atoms with E-state index in [1.165, 1.54) is 38.6 Å². The summed E-state index contributed by atoms with van der Waals surface area (Å²) in [6, 6.07) is 0. The third-order valence-electron chi connectivity index (χ3n) is 3.38. The quantitative estimate of drug-likeness (QED) is 0.498. The molecule has 0 saturated heterocycles. The molecule has 0 aromatic rings. The van der Waals surface area contributed by atoms with Crippen LogP contribution < -0.4 is 10.6 Å².